The largest absolute Gasteiger partial charge is 0.481 e. The molecular formula is C19H24ClNO3. The lowest BCUT2D eigenvalue weighted by molar-refractivity contribution is -0.148. The van der Waals surface area contributed by atoms with Gasteiger partial charge in [0.25, 0.3) is 0 Å². The zero-order valence-corrected chi connectivity index (χ0v) is 14.6. The Morgan fingerprint density at radius 3 is 2.38 bits per heavy atom. The van der Waals surface area contributed by atoms with Gasteiger partial charge in [0, 0.05) is 18.1 Å². The first-order chi connectivity index (χ1) is 11.5. The maximum Gasteiger partial charge on any atom is 0.306 e. The molecule has 3 rings (SSSR count). The van der Waals surface area contributed by atoms with Crippen molar-refractivity contribution in [2.75, 3.05) is 13.1 Å². The number of rotatable bonds is 3. The van der Waals surface area contributed by atoms with Crippen molar-refractivity contribution in [3.05, 3.63) is 34.9 Å². The summed E-state index contributed by atoms with van der Waals surface area (Å²) < 4.78 is 0. The Kier molecular flexibility index (Phi) is 5.14. The quantitative estimate of drug-likeness (QED) is 0.901. The van der Waals surface area contributed by atoms with Gasteiger partial charge in [-0.3, -0.25) is 9.59 Å². The highest BCUT2D eigenvalue weighted by atomic mass is 35.5. The van der Waals surface area contributed by atoms with Gasteiger partial charge in [0.1, 0.15) is 0 Å². The molecule has 1 aromatic carbocycles. The Bertz CT molecular complexity index is 617. The average molecular weight is 350 g/mol. The summed E-state index contributed by atoms with van der Waals surface area (Å²) in [6.45, 7) is 1.08. The number of carboxylic acid groups (broad SMARTS) is 1. The van der Waals surface area contributed by atoms with E-state index in [2.05, 4.69) is 0 Å². The first-order valence-electron chi connectivity index (χ1n) is 8.81. The van der Waals surface area contributed by atoms with Gasteiger partial charge >= 0.3 is 5.97 Å². The lowest BCUT2D eigenvalue weighted by atomic mass is 9.68. The van der Waals surface area contributed by atoms with E-state index in [4.69, 9.17) is 16.7 Å². The fraction of sp³-hybridized carbons (Fsp3) is 0.579. The molecule has 1 heterocycles. The smallest absolute Gasteiger partial charge is 0.306 e. The summed E-state index contributed by atoms with van der Waals surface area (Å²) in [7, 11) is 0. The molecule has 24 heavy (non-hydrogen) atoms. The Labute approximate surface area is 147 Å². The monoisotopic (exact) mass is 349 g/mol. The molecular weight excluding hydrogens is 326 g/mol. The predicted octanol–water partition coefficient (Wildman–Crippen LogP) is 3.87. The van der Waals surface area contributed by atoms with Gasteiger partial charge < -0.3 is 10.0 Å². The minimum atomic E-state index is -0.746. The number of amides is 1. The summed E-state index contributed by atoms with van der Waals surface area (Å²) >= 11 is 6.18. The number of carboxylic acids is 1. The van der Waals surface area contributed by atoms with Crippen LogP contribution in [0.4, 0.5) is 0 Å². The van der Waals surface area contributed by atoms with Crippen LogP contribution >= 0.6 is 11.6 Å². The number of halogens is 1. The minimum absolute atomic E-state index is 0.160. The van der Waals surface area contributed by atoms with Gasteiger partial charge in [0.15, 0.2) is 0 Å². The number of likely N-dealkylation sites (tertiary alicyclic amines) is 1. The summed E-state index contributed by atoms with van der Waals surface area (Å²) in [5, 5.41) is 9.81. The summed E-state index contributed by atoms with van der Waals surface area (Å²) in [5.74, 6) is -0.903. The van der Waals surface area contributed by atoms with Crippen molar-refractivity contribution in [2.45, 2.75) is 50.4 Å². The van der Waals surface area contributed by atoms with E-state index in [0.717, 1.165) is 37.7 Å². The fourth-order valence-corrected chi connectivity index (χ4v) is 4.39. The van der Waals surface area contributed by atoms with Crippen LogP contribution < -0.4 is 0 Å². The van der Waals surface area contributed by atoms with Crippen molar-refractivity contribution in [1.82, 2.24) is 4.90 Å². The van der Waals surface area contributed by atoms with Crippen LogP contribution in [0.2, 0.25) is 5.02 Å². The molecule has 1 aliphatic carbocycles. The molecule has 1 N–H and O–H groups in total. The summed E-state index contributed by atoms with van der Waals surface area (Å²) in [6, 6.07) is 7.69. The molecule has 1 aromatic rings. The average Bonchev–Trinajstić information content (AvgIpc) is 2.62. The highest BCUT2D eigenvalue weighted by Gasteiger charge is 2.44. The second kappa shape index (κ2) is 7.14. The first-order valence-corrected chi connectivity index (χ1v) is 9.19. The molecule has 5 heteroatoms. The van der Waals surface area contributed by atoms with E-state index in [1.807, 2.05) is 29.2 Å². The molecule has 1 aliphatic heterocycles. The van der Waals surface area contributed by atoms with Crippen LogP contribution in [0.25, 0.3) is 0 Å². The standard InChI is InChI=1S/C19H24ClNO3/c20-16-6-4-5-15(13-16)19(9-2-1-3-10-19)18(24)21-11-7-14(8-12-21)17(22)23/h4-6,13-14H,1-3,7-12H2,(H,22,23). The molecule has 2 fully saturated rings. The van der Waals surface area contributed by atoms with Crippen molar-refractivity contribution in [1.29, 1.82) is 0 Å². The Morgan fingerprint density at radius 1 is 1.12 bits per heavy atom. The number of aliphatic carboxylic acids is 1. The van der Waals surface area contributed by atoms with Gasteiger partial charge in [-0.25, -0.2) is 0 Å². The molecule has 1 saturated carbocycles. The molecule has 0 spiro atoms. The van der Waals surface area contributed by atoms with Crippen LogP contribution in [0.1, 0.15) is 50.5 Å². The SMILES string of the molecule is O=C(O)C1CCN(C(=O)C2(c3cccc(Cl)c3)CCCCC2)CC1. The number of piperidine rings is 1. The third-order valence-electron chi connectivity index (χ3n) is 5.63. The Balaban J connectivity index is 1.84. The fourth-order valence-electron chi connectivity index (χ4n) is 4.20. The Hall–Kier alpha value is -1.55. The zero-order valence-electron chi connectivity index (χ0n) is 13.8. The molecule has 0 unspecified atom stereocenters. The summed E-state index contributed by atoms with van der Waals surface area (Å²) in [5.41, 5.74) is 0.527. The van der Waals surface area contributed by atoms with Gasteiger partial charge in [-0.2, -0.15) is 0 Å². The molecule has 0 radical (unpaired) electrons. The highest BCUT2D eigenvalue weighted by Crippen LogP contribution is 2.42. The van der Waals surface area contributed by atoms with Crippen molar-refractivity contribution in [3.63, 3.8) is 0 Å². The lowest BCUT2D eigenvalue weighted by Crippen LogP contribution is -2.51. The van der Waals surface area contributed by atoms with E-state index in [1.54, 1.807) is 0 Å². The third-order valence-corrected chi connectivity index (χ3v) is 5.86. The van der Waals surface area contributed by atoms with E-state index >= 15 is 0 Å². The van der Waals surface area contributed by atoms with Crippen LogP contribution in [0.5, 0.6) is 0 Å². The van der Waals surface area contributed by atoms with Crippen molar-refractivity contribution in [2.24, 2.45) is 5.92 Å². The number of nitrogens with zero attached hydrogens (tertiary/aromatic N) is 1. The van der Waals surface area contributed by atoms with Crippen molar-refractivity contribution >= 4 is 23.5 Å². The third kappa shape index (κ3) is 3.30. The highest BCUT2D eigenvalue weighted by molar-refractivity contribution is 6.30. The summed E-state index contributed by atoms with van der Waals surface area (Å²) in [4.78, 5) is 26.4. The molecule has 0 atom stereocenters. The van der Waals surface area contributed by atoms with Gasteiger partial charge in [0.05, 0.1) is 11.3 Å². The second-order valence-corrected chi connectivity index (χ2v) is 7.49. The Morgan fingerprint density at radius 2 is 1.79 bits per heavy atom. The maximum absolute atomic E-state index is 13.4. The van der Waals surface area contributed by atoms with Gasteiger partial charge in [-0.05, 0) is 43.4 Å². The molecule has 4 nitrogen and oxygen atoms in total. The van der Waals surface area contributed by atoms with Gasteiger partial charge in [-0.15, -0.1) is 0 Å². The number of carbonyl (C=O) groups excluding carboxylic acids is 1. The normalized spacial score (nSPS) is 21.5. The molecule has 130 valence electrons. The van der Waals surface area contributed by atoms with E-state index in [9.17, 15) is 9.59 Å². The molecule has 0 bridgehead atoms. The molecule has 1 amide bonds. The lowest BCUT2D eigenvalue weighted by Gasteiger charge is -2.42. The van der Waals surface area contributed by atoms with Crippen molar-refractivity contribution in [3.8, 4) is 0 Å². The second-order valence-electron chi connectivity index (χ2n) is 7.06. The number of carbonyl (C=O) groups is 2. The van der Waals surface area contributed by atoms with E-state index < -0.39 is 11.4 Å². The van der Waals surface area contributed by atoms with Crippen LogP contribution in [0.15, 0.2) is 24.3 Å². The van der Waals surface area contributed by atoms with Gasteiger partial charge in [0.2, 0.25) is 5.91 Å². The number of hydrogen-bond acceptors (Lipinski definition) is 2. The number of hydrogen-bond donors (Lipinski definition) is 1. The van der Waals surface area contributed by atoms with E-state index in [1.165, 1.54) is 0 Å². The molecule has 0 aromatic heterocycles. The first kappa shape index (κ1) is 17.3. The van der Waals surface area contributed by atoms with Crippen LogP contribution in [0, 0.1) is 5.92 Å². The van der Waals surface area contributed by atoms with E-state index in [-0.39, 0.29) is 11.8 Å². The van der Waals surface area contributed by atoms with Crippen molar-refractivity contribution < 1.29 is 14.7 Å². The number of benzene rings is 1. The van der Waals surface area contributed by atoms with Gasteiger partial charge in [-0.1, -0.05) is 43.0 Å². The molecule has 1 saturated heterocycles. The summed E-state index contributed by atoms with van der Waals surface area (Å²) in [6.07, 6.45) is 6.06. The van der Waals surface area contributed by atoms with Crippen LogP contribution in [0.3, 0.4) is 0 Å². The molecule has 2 aliphatic rings. The van der Waals surface area contributed by atoms with Crippen LogP contribution in [-0.4, -0.2) is 35.0 Å². The van der Waals surface area contributed by atoms with Crippen LogP contribution in [-0.2, 0) is 15.0 Å². The minimum Gasteiger partial charge on any atom is -0.481 e. The van der Waals surface area contributed by atoms with E-state index in [0.29, 0.717) is 31.0 Å². The topological polar surface area (TPSA) is 57.6 Å². The predicted molar refractivity (Wildman–Crippen MR) is 93.2 cm³/mol. The zero-order chi connectivity index (χ0) is 17.2. The maximum atomic E-state index is 13.4.